The zero-order chi connectivity index (χ0) is 26.6. The van der Waals surface area contributed by atoms with Gasteiger partial charge in [-0.15, -0.1) is 0 Å². The van der Waals surface area contributed by atoms with Gasteiger partial charge in [-0.3, -0.25) is 9.67 Å². The number of aryl methyl sites for hydroxylation is 1. The molecule has 2 aromatic heterocycles. The smallest absolute Gasteiger partial charge is 0.157 e. The Morgan fingerprint density at radius 3 is 2.64 bits per heavy atom. The molecule has 1 saturated carbocycles. The molecule has 9 heteroatoms. The molecule has 3 heterocycles. The summed E-state index contributed by atoms with van der Waals surface area (Å²) in [7, 11) is 3.58. The van der Waals surface area contributed by atoms with Gasteiger partial charge in [-0.05, 0) is 56.2 Å². The lowest BCUT2D eigenvalue weighted by molar-refractivity contribution is -0.165. The van der Waals surface area contributed by atoms with Crippen molar-refractivity contribution in [3.05, 3.63) is 55.0 Å². The van der Waals surface area contributed by atoms with Crippen LogP contribution in [0.4, 0.5) is 11.4 Å². The Bertz CT molecular complexity index is 1410. The molecule has 6 rings (SSSR count). The van der Waals surface area contributed by atoms with Crippen LogP contribution < -0.4 is 14.4 Å². The van der Waals surface area contributed by atoms with Crippen LogP contribution in [-0.4, -0.2) is 59.5 Å². The lowest BCUT2D eigenvalue weighted by Crippen LogP contribution is -2.24. The predicted molar refractivity (Wildman–Crippen MR) is 150 cm³/mol. The molecule has 9 nitrogen and oxygen atoms in total. The molecule has 0 radical (unpaired) electrons. The fourth-order valence-corrected chi connectivity index (χ4v) is 4.87. The second kappa shape index (κ2) is 11.6. The van der Waals surface area contributed by atoms with Gasteiger partial charge in [0.1, 0.15) is 18.1 Å². The van der Waals surface area contributed by atoms with Gasteiger partial charge in [-0.2, -0.15) is 5.10 Å². The Morgan fingerprint density at radius 2 is 1.87 bits per heavy atom. The Kier molecular flexibility index (Phi) is 7.60. The number of aromatic nitrogens is 4. The van der Waals surface area contributed by atoms with Crippen LogP contribution in [0.1, 0.15) is 32.1 Å². The van der Waals surface area contributed by atoms with E-state index in [2.05, 4.69) is 39.2 Å². The van der Waals surface area contributed by atoms with Crippen molar-refractivity contribution in [3.63, 3.8) is 0 Å². The molecule has 204 valence electrons. The zero-order valence-electron chi connectivity index (χ0n) is 22.6. The van der Waals surface area contributed by atoms with Crippen molar-refractivity contribution in [2.24, 2.45) is 13.0 Å². The van der Waals surface area contributed by atoms with Crippen LogP contribution in [-0.2, 0) is 16.5 Å². The number of ether oxygens (including phenoxy) is 4. The van der Waals surface area contributed by atoms with Crippen molar-refractivity contribution < 1.29 is 18.9 Å². The third kappa shape index (κ3) is 6.32. The molecule has 2 aromatic carbocycles. The summed E-state index contributed by atoms with van der Waals surface area (Å²) in [5.74, 6) is 2.16. The molecular weight excluding hydrogens is 494 g/mol. The molecule has 4 aromatic rings. The highest BCUT2D eigenvalue weighted by molar-refractivity contribution is 5.82. The van der Waals surface area contributed by atoms with E-state index in [4.69, 9.17) is 23.9 Å². The van der Waals surface area contributed by atoms with E-state index in [-0.39, 0.29) is 6.29 Å². The predicted octanol–water partition coefficient (Wildman–Crippen LogP) is 5.51. The highest BCUT2D eigenvalue weighted by atomic mass is 16.7. The summed E-state index contributed by atoms with van der Waals surface area (Å²) < 4.78 is 25.0. The first-order valence-corrected chi connectivity index (χ1v) is 13.7. The third-order valence-electron chi connectivity index (χ3n) is 7.18. The standard InChI is InChI=1S/C30H35N5O4/c1-34-20-22(17-32-34)29-18-31-27-9-8-23(15-28(27)33-29)35(19-21-6-7-21)24-13-25(36-2)16-26(14-24)37-11-12-39-30-5-3-4-10-38-30/h8-9,13-18,20-21,30H,3-7,10-12,19H2,1-2H3. The normalized spacial score (nSPS) is 17.3. The fourth-order valence-electron chi connectivity index (χ4n) is 4.87. The van der Waals surface area contributed by atoms with Crippen LogP contribution in [0.25, 0.3) is 22.3 Å². The molecule has 0 bridgehead atoms. The van der Waals surface area contributed by atoms with Gasteiger partial charge < -0.3 is 23.8 Å². The average molecular weight is 530 g/mol. The molecule has 0 amide bonds. The molecule has 39 heavy (non-hydrogen) atoms. The van der Waals surface area contributed by atoms with Crippen LogP contribution >= 0.6 is 0 Å². The molecule has 0 N–H and O–H groups in total. The van der Waals surface area contributed by atoms with Gasteiger partial charge in [0.15, 0.2) is 6.29 Å². The van der Waals surface area contributed by atoms with Crippen molar-refractivity contribution in [2.75, 3.05) is 38.4 Å². The maximum Gasteiger partial charge on any atom is 0.157 e. The number of hydrogen-bond donors (Lipinski definition) is 0. The molecule has 1 atom stereocenters. The number of rotatable bonds is 11. The Balaban J connectivity index is 1.25. The first kappa shape index (κ1) is 25.6. The highest BCUT2D eigenvalue weighted by Gasteiger charge is 2.26. The topological polar surface area (TPSA) is 83.8 Å². The molecule has 1 aliphatic heterocycles. The maximum absolute atomic E-state index is 6.11. The third-order valence-corrected chi connectivity index (χ3v) is 7.18. The molecule has 1 aliphatic carbocycles. The lowest BCUT2D eigenvalue weighted by Gasteiger charge is -2.26. The van der Waals surface area contributed by atoms with Gasteiger partial charge in [0.2, 0.25) is 0 Å². The largest absolute Gasteiger partial charge is 0.497 e. The van der Waals surface area contributed by atoms with Crippen LogP contribution in [0.5, 0.6) is 11.5 Å². The second-order valence-corrected chi connectivity index (χ2v) is 10.3. The SMILES string of the molecule is COc1cc(OCCOC2CCCCO2)cc(N(CC2CC2)c2ccc3ncc(-c4cnn(C)c4)nc3c2)c1. The molecule has 0 spiro atoms. The Hall–Kier alpha value is -3.69. The van der Waals surface area contributed by atoms with E-state index in [1.165, 1.54) is 12.8 Å². The summed E-state index contributed by atoms with van der Waals surface area (Å²) in [6.45, 7) is 2.60. The van der Waals surface area contributed by atoms with Crippen LogP contribution in [0.15, 0.2) is 55.0 Å². The monoisotopic (exact) mass is 529 g/mol. The summed E-state index contributed by atoms with van der Waals surface area (Å²) in [4.78, 5) is 11.9. The van der Waals surface area contributed by atoms with Gasteiger partial charge >= 0.3 is 0 Å². The van der Waals surface area contributed by atoms with Gasteiger partial charge in [0.05, 0.1) is 42.8 Å². The molecule has 1 unspecified atom stereocenters. The molecule has 1 saturated heterocycles. The molecular formula is C30H35N5O4. The average Bonchev–Trinajstić information content (AvgIpc) is 3.70. The summed E-state index contributed by atoms with van der Waals surface area (Å²) in [5.41, 5.74) is 5.53. The van der Waals surface area contributed by atoms with Crippen LogP contribution in [0.3, 0.4) is 0 Å². The van der Waals surface area contributed by atoms with Gasteiger partial charge in [-0.25, -0.2) is 4.98 Å². The minimum Gasteiger partial charge on any atom is -0.497 e. The van der Waals surface area contributed by atoms with Crippen molar-refractivity contribution in [2.45, 2.75) is 38.4 Å². The molecule has 2 aliphatic rings. The lowest BCUT2D eigenvalue weighted by atomic mass is 10.1. The first-order valence-electron chi connectivity index (χ1n) is 13.7. The minimum absolute atomic E-state index is 0.119. The van der Waals surface area contributed by atoms with E-state index in [9.17, 15) is 0 Å². The summed E-state index contributed by atoms with van der Waals surface area (Å²) in [5, 5.41) is 4.28. The number of anilines is 2. The number of benzene rings is 2. The maximum atomic E-state index is 6.11. The van der Waals surface area contributed by atoms with Gasteiger partial charge in [0.25, 0.3) is 0 Å². The van der Waals surface area contributed by atoms with Crippen molar-refractivity contribution in [1.82, 2.24) is 19.7 Å². The summed E-state index contributed by atoms with van der Waals surface area (Å²) in [6.07, 6.45) is 11.1. The number of hydrogen-bond acceptors (Lipinski definition) is 8. The highest BCUT2D eigenvalue weighted by Crippen LogP contribution is 2.39. The van der Waals surface area contributed by atoms with E-state index >= 15 is 0 Å². The van der Waals surface area contributed by atoms with E-state index < -0.39 is 0 Å². The van der Waals surface area contributed by atoms with Gasteiger partial charge in [0, 0.05) is 61.5 Å². The van der Waals surface area contributed by atoms with E-state index in [0.29, 0.717) is 19.1 Å². The Labute approximate surface area is 228 Å². The minimum atomic E-state index is -0.119. The van der Waals surface area contributed by atoms with Crippen molar-refractivity contribution >= 4 is 22.4 Å². The fraction of sp³-hybridized carbons (Fsp3) is 0.433. The molecule has 2 fully saturated rings. The van der Waals surface area contributed by atoms with E-state index in [1.807, 2.05) is 31.6 Å². The van der Waals surface area contributed by atoms with E-state index in [0.717, 1.165) is 77.6 Å². The summed E-state index contributed by atoms with van der Waals surface area (Å²) in [6, 6.07) is 12.3. The second-order valence-electron chi connectivity index (χ2n) is 10.3. The van der Waals surface area contributed by atoms with Crippen LogP contribution in [0, 0.1) is 5.92 Å². The number of nitrogens with zero attached hydrogens (tertiary/aromatic N) is 5. The first-order chi connectivity index (χ1) is 19.1. The number of methoxy groups -OCH3 is 1. The van der Waals surface area contributed by atoms with Gasteiger partial charge in [-0.1, -0.05) is 0 Å². The Morgan fingerprint density at radius 1 is 0.974 bits per heavy atom. The number of fused-ring (bicyclic) bond motifs is 1. The van der Waals surface area contributed by atoms with Crippen LogP contribution in [0.2, 0.25) is 0 Å². The summed E-state index contributed by atoms with van der Waals surface area (Å²) >= 11 is 0. The van der Waals surface area contributed by atoms with Crippen molar-refractivity contribution in [1.29, 1.82) is 0 Å². The quantitative estimate of drug-likeness (QED) is 0.235. The van der Waals surface area contributed by atoms with Crippen molar-refractivity contribution in [3.8, 4) is 22.8 Å². The van der Waals surface area contributed by atoms with E-state index in [1.54, 1.807) is 18.0 Å². The zero-order valence-corrected chi connectivity index (χ0v) is 22.6.